The van der Waals surface area contributed by atoms with E-state index in [-0.39, 0.29) is 0 Å². The number of aldehydes is 1. The van der Waals surface area contributed by atoms with Crippen LogP contribution in [0.1, 0.15) is 9.67 Å². The fourth-order valence-electron chi connectivity index (χ4n) is 5.01. The summed E-state index contributed by atoms with van der Waals surface area (Å²) in [4.78, 5) is 15.4. The Labute approximate surface area is 222 Å². The molecule has 4 nitrogen and oxygen atoms in total. The molecule has 0 aliphatic carbocycles. The molecule has 0 saturated heterocycles. The molecule has 6 heteroatoms. The van der Waals surface area contributed by atoms with Crippen LogP contribution in [0.4, 0.5) is 0 Å². The van der Waals surface area contributed by atoms with E-state index in [2.05, 4.69) is 95.6 Å². The first-order valence-corrected chi connectivity index (χ1v) is 13.7. The summed E-state index contributed by atoms with van der Waals surface area (Å²) in [6.45, 7) is 0.940. The quantitative estimate of drug-likeness (QED) is 0.215. The number of aromatic nitrogens is 1. The highest BCUT2D eigenvalue weighted by atomic mass is 32.1. The van der Waals surface area contributed by atoms with Crippen molar-refractivity contribution in [3.63, 3.8) is 0 Å². The van der Waals surface area contributed by atoms with Gasteiger partial charge in [0.25, 0.3) is 0 Å². The minimum absolute atomic E-state index is 0.457. The molecule has 0 saturated carbocycles. The molecule has 0 N–H and O–H groups in total. The third kappa shape index (κ3) is 3.60. The SMILES string of the molecule is O=Cc1sc(-c2ccc(-c3c(-c4ccccc4)n(-c4ccccc4)c4ccccc34)s2)c2c1OCCO2. The third-order valence-electron chi connectivity index (χ3n) is 6.54. The molecule has 6 aromatic rings. The lowest BCUT2D eigenvalue weighted by molar-refractivity contribution is 0.111. The van der Waals surface area contributed by atoms with E-state index in [0.717, 1.165) is 43.4 Å². The van der Waals surface area contributed by atoms with Gasteiger partial charge in [-0.2, -0.15) is 0 Å². The second-order valence-corrected chi connectivity index (χ2v) is 10.8. The van der Waals surface area contributed by atoms with Crippen LogP contribution in [-0.2, 0) is 0 Å². The maximum atomic E-state index is 11.7. The summed E-state index contributed by atoms with van der Waals surface area (Å²) in [7, 11) is 0. The number of hydrogen-bond acceptors (Lipinski definition) is 5. The Bertz CT molecular complexity index is 1750. The molecule has 0 bridgehead atoms. The van der Waals surface area contributed by atoms with Crippen molar-refractivity contribution >= 4 is 39.9 Å². The lowest BCUT2D eigenvalue weighted by atomic mass is 10.0. The Morgan fingerprint density at radius 1 is 0.703 bits per heavy atom. The van der Waals surface area contributed by atoms with Crippen LogP contribution in [0.15, 0.2) is 97.1 Å². The van der Waals surface area contributed by atoms with E-state index in [4.69, 9.17) is 9.47 Å². The van der Waals surface area contributed by atoms with Crippen molar-refractivity contribution in [3.05, 3.63) is 102 Å². The lowest BCUT2D eigenvalue weighted by Gasteiger charge is -2.16. The van der Waals surface area contributed by atoms with Crippen LogP contribution in [0, 0.1) is 0 Å². The van der Waals surface area contributed by atoms with Gasteiger partial charge < -0.3 is 14.0 Å². The number of carbonyl (C=O) groups is 1. The molecule has 3 aromatic heterocycles. The number of nitrogens with zero attached hydrogens (tertiary/aromatic N) is 1. The van der Waals surface area contributed by atoms with Gasteiger partial charge in [-0.25, -0.2) is 0 Å². The Morgan fingerprint density at radius 2 is 1.38 bits per heavy atom. The maximum Gasteiger partial charge on any atom is 0.183 e. The molecule has 0 spiro atoms. The zero-order chi connectivity index (χ0) is 24.8. The van der Waals surface area contributed by atoms with Crippen LogP contribution in [0.2, 0.25) is 0 Å². The van der Waals surface area contributed by atoms with Crippen molar-refractivity contribution in [1.29, 1.82) is 0 Å². The minimum atomic E-state index is 0.457. The Morgan fingerprint density at radius 3 is 2.16 bits per heavy atom. The van der Waals surface area contributed by atoms with E-state index in [1.165, 1.54) is 22.3 Å². The highest BCUT2D eigenvalue weighted by molar-refractivity contribution is 7.25. The highest BCUT2D eigenvalue weighted by Crippen LogP contribution is 2.52. The Kier molecular flexibility index (Phi) is 5.42. The summed E-state index contributed by atoms with van der Waals surface area (Å²) in [5.74, 6) is 1.25. The average molecular weight is 520 g/mol. The van der Waals surface area contributed by atoms with E-state index in [1.807, 2.05) is 6.07 Å². The van der Waals surface area contributed by atoms with Crippen LogP contribution < -0.4 is 9.47 Å². The van der Waals surface area contributed by atoms with Gasteiger partial charge in [-0.3, -0.25) is 4.79 Å². The predicted octanol–water partition coefficient (Wildman–Crippen LogP) is 8.34. The van der Waals surface area contributed by atoms with Gasteiger partial charge in [-0.05, 0) is 35.9 Å². The van der Waals surface area contributed by atoms with Crippen molar-refractivity contribution in [2.45, 2.75) is 0 Å². The molecule has 0 amide bonds. The van der Waals surface area contributed by atoms with Gasteiger partial charge in [0.2, 0.25) is 0 Å². The molecule has 1 aliphatic heterocycles. The van der Waals surface area contributed by atoms with Gasteiger partial charge in [0.1, 0.15) is 18.1 Å². The summed E-state index contributed by atoms with van der Waals surface area (Å²) in [6.07, 6.45) is 0.858. The van der Waals surface area contributed by atoms with E-state index in [1.54, 1.807) is 11.3 Å². The fourth-order valence-corrected chi connectivity index (χ4v) is 7.19. The van der Waals surface area contributed by atoms with Crippen molar-refractivity contribution in [2.75, 3.05) is 13.2 Å². The van der Waals surface area contributed by atoms with Gasteiger partial charge >= 0.3 is 0 Å². The predicted molar refractivity (Wildman–Crippen MR) is 152 cm³/mol. The number of rotatable bonds is 5. The number of fused-ring (bicyclic) bond motifs is 2. The molecule has 0 radical (unpaired) electrons. The first kappa shape index (κ1) is 22.1. The Balaban J connectivity index is 1.49. The summed E-state index contributed by atoms with van der Waals surface area (Å²) in [5, 5.41) is 1.19. The van der Waals surface area contributed by atoms with Crippen molar-refractivity contribution in [2.24, 2.45) is 0 Å². The fraction of sp³-hybridized carbons (Fsp3) is 0.0645. The standard InChI is InChI=1S/C31H21NO3S2/c33-19-26-29-30(35-18-17-34-29)31(37-26)25-16-15-24(36-25)27-22-13-7-8-14-23(22)32(21-11-5-2-6-12-21)28(27)20-9-3-1-4-10-20/h1-16,19H,17-18H2. The number of carbonyl (C=O) groups excluding carboxylic acids is 1. The number of thiophene rings is 2. The molecule has 3 aromatic carbocycles. The first-order chi connectivity index (χ1) is 18.3. The minimum Gasteiger partial charge on any atom is -0.485 e. The third-order valence-corrected chi connectivity index (χ3v) is 8.90. The molecule has 0 atom stereocenters. The van der Waals surface area contributed by atoms with Crippen LogP contribution in [0.3, 0.4) is 0 Å². The molecule has 0 fully saturated rings. The maximum absolute atomic E-state index is 11.7. The molecule has 37 heavy (non-hydrogen) atoms. The molecule has 7 rings (SSSR count). The largest absolute Gasteiger partial charge is 0.485 e. The number of benzene rings is 3. The molecule has 0 unspecified atom stereocenters. The lowest BCUT2D eigenvalue weighted by Crippen LogP contribution is -2.15. The number of hydrogen-bond donors (Lipinski definition) is 0. The molecule has 1 aliphatic rings. The van der Waals surface area contributed by atoms with E-state index in [0.29, 0.717) is 29.6 Å². The summed E-state index contributed by atoms with van der Waals surface area (Å²) < 4.78 is 14.1. The van der Waals surface area contributed by atoms with Gasteiger partial charge in [0, 0.05) is 26.4 Å². The summed E-state index contributed by atoms with van der Waals surface area (Å²) in [6, 6.07) is 33.9. The second kappa shape index (κ2) is 9.07. The topological polar surface area (TPSA) is 40.5 Å². The summed E-state index contributed by atoms with van der Waals surface area (Å²) >= 11 is 3.14. The van der Waals surface area contributed by atoms with E-state index in [9.17, 15) is 4.79 Å². The van der Waals surface area contributed by atoms with Gasteiger partial charge in [0.05, 0.1) is 16.1 Å². The van der Waals surface area contributed by atoms with E-state index < -0.39 is 0 Å². The summed E-state index contributed by atoms with van der Waals surface area (Å²) in [5.41, 5.74) is 5.78. The average Bonchev–Trinajstić information content (AvgIpc) is 3.67. The number of para-hydroxylation sites is 2. The monoisotopic (exact) mass is 519 g/mol. The Hall–Kier alpha value is -4.13. The normalized spacial score (nSPS) is 12.6. The zero-order valence-electron chi connectivity index (χ0n) is 19.7. The molecular formula is C31H21NO3S2. The molecule has 180 valence electrons. The van der Waals surface area contributed by atoms with E-state index >= 15 is 0 Å². The van der Waals surface area contributed by atoms with Gasteiger partial charge in [-0.15, -0.1) is 22.7 Å². The van der Waals surface area contributed by atoms with Crippen molar-refractivity contribution in [3.8, 4) is 48.6 Å². The smallest absolute Gasteiger partial charge is 0.183 e. The van der Waals surface area contributed by atoms with Crippen LogP contribution in [0.25, 0.3) is 48.0 Å². The molecular weight excluding hydrogens is 498 g/mol. The second-order valence-electron chi connectivity index (χ2n) is 8.71. The highest BCUT2D eigenvalue weighted by Gasteiger charge is 2.27. The number of ether oxygens (including phenoxy) is 2. The van der Waals surface area contributed by atoms with Gasteiger partial charge in [-0.1, -0.05) is 66.7 Å². The zero-order valence-corrected chi connectivity index (χ0v) is 21.4. The van der Waals surface area contributed by atoms with Crippen molar-refractivity contribution < 1.29 is 14.3 Å². The van der Waals surface area contributed by atoms with Crippen LogP contribution in [0.5, 0.6) is 11.5 Å². The van der Waals surface area contributed by atoms with Crippen molar-refractivity contribution in [1.82, 2.24) is 4.57 Å². The van der Waals surface area contributed by atoms with Gasteiger partial charge in [0.15, 0.2) is 17.8 Å². The first-order valence-electron chi connectivity index (χ1n) is 12.1. The van der Waals surface area contributed by atoms with Crippen LogP contribution in [-0.4, -0.2) is 24.1 Å². The molecule has 4 heterocycles. The van der Waals surface area contributed by atoms with Crippen LogP contribution >= 0.6 is 22.7 Å².